The van der Waals surface area contributed by atoms with E-state index < -0.39 is 5.54 Å². The number of benzene rings is 1. The Labute approximate surface area is 182 Å². The smallest absolute Gasteiger partial charge is 0.233 e. The molecule has 0 spiro atoms. The van der Waals surface area contributed by atoms with E-state index in [4.69, 9.17) is 11.6 Å². The number of likely N-dealkylation sites (N-methyl/N-ethyl adjacent to an activating group) is 1. The van der Waals surface area contributed by atoms with Gasteiger partial charge in [-0.3, -0.25) is 9.59 Å². The van der Waals surface area contributed by atoms with Gasteiger partial charge in [0.1, 0.15) is 21.7 Å². The number of carbonyl (C=O) groups excluding carboxylic acids is 2. The first-order valence-corrected chi connectivity index (χ1v) is 11.6. The number of nitrogens with zero attached hydrogens (tertiary/aromatic N) is 3. The van der Waals surface area contributed by atoms with E-state index in [0.29, 0.717) is 17.9 Å². The fraction of sp³-hybridized carbons (Fsp3) is 0.333. The van der Waals surface area contributed by atoms with Gasteiger partial charge in [0.25, 0.3) is 0 Å². The van der Waals surface area contributed by atoms with Gasteiger partial charge in [-0.05, 0) is 36.8 Å². The normalized spacial score (nSPS) is 19.4. The molecule has 0 aliphatic heterocycles. The van der Waals surface area contributed by atoms with E-state index in [1.807, 2.05) is 29.6 Å². The molecular formula is C21H20ClN3O2S2. The van der Waals surface area contributed by atoms with Crippen molar-refractivity contribution < 1.29 is 9.59 Å². The van der Waals surface area contributed by atoms with Gasteiger partial charge in [-0.15, -0.1) is 11.3 Å². The molecule has 1 amide bonds. The molecular weight excluding hydrogens is 426 g/mol. The van der Waals surface area contributed by atoms with Crippen LogP contribution >= 0.6 is 34.7 Å². The Bertz CT molecular complexity index is 1070. The van der Waals surface area contributed by atoms with Crippen LogP contribution in [0.1, 0.15) is 31.2 Å². The quantitative estimate of drug-likeness (QED) is 0.411. The van der Waals surface area contributed by atoms with Gasteiger partial charge in [0.2, 0.25) is 5.91 Å². The van der Waals surface area contributed by atoms with E-state index >= 15 is 0 Å². The summed E-state index contributed by atoms with van der Waals surface area (Å²) < 4.78 is 0. The van der Waals surface area contributed by atoms with Crippen LogP contribution in [0.25, 0.3) is 10.2 Å². The number of hydrogen-bond donors (Lipinski definition) is 0. The van der Waals surface area contributed by atoms with Crippen molar-refractivity contribution in [2.24, 2.45) is 0 Å². The van der Waals surface area contributed by atoms with E-state index in [-0.39, 0.29) is 17.4 Å². The molecule has 150 valence electrons. The zero-order valence-electron chi connectivity index (χ0n) is 15.9. The van der Waals surface area contributed by atoms with Crippen molar-refractivity contribution in [2.75, 3.05) is 12.8 Å². The number of thioether (sulfide) groups is 1. The maximum Gasteiger partial charge on any atom is 0.233 e. The summed E-state index contributed by atoms with van der Waals surface area (Å²) >= 11 is 9.39. The molecule has 0 N–H and O–H groups in total. The minimum atomic E-state index is -1.00. The van der Waals surface area contributed by atoms with Gasteiger partial charge >= 0.3 is 0 Å². The average molecular weight is 446 g/mol. The third-order valence-electron chi connectivity index (χ3n) is 5.48. The van der Waals surface area contributed by atoms with E-state index in [1.165, 1.54) is 18.1 Å². The van der Waals surface area contributed by atoms with Gasteiger partial charge in [-0.25, -0.2) is 9.97 Å². The van der Waals surface area contributed by atoms with Crippen LogP contribution in [0.2, 0.25) is 5.02 Å². The van der Waals surface area contributed by atoms with E-state index in [0.717, 1.165) is 33.6 Å². The van der Waals surface area contributed by atoms with Crippen molar-refractivity contribution in [3.63, 3.8) is 0 Å². The number of Topliss-reactive ketones (excluding diaryl/α,β-unsaturated/α-hetero) is 1. The fourth-order valence-corrected chi connectivity index (χ4v) is 5.94. The van der Waals surface area contributed by atoms with Crippen LogP contribution in [0.4, 0.5) is 0 Å². The molecule has 1 saturated carbocycles. The van der Waals surface area contributed by atoms with E-state index in [2.05, 4.69) is 9.97 Å². The lowest BCUT2D eigenvalue weighted by atomic mass is 9.74. The highest BCUT2D eigenvalue weighted by Gasteiger charge is 2.47. The topological polar surface area (TPSA) is 63.2 Å². The molecule has 0 unspecified atom stereocenters. The Balaban J connectivity index is 1.61. The van der Waals surface area contributed by atoms with Crippen molar-refractivity contribution >= 4 is 56.6 Å². The van der Waals surface area contributed by atoms with Gasteiger partial charge < -0.3 is 4.90 Å². The molecule has 2 aromatic heterocycles. The predicted octanol–water partition coefficient (Wildman–Crippen LogP) is 4.93. The first-order chi connectivity index (χ1) is 14.0. The van der Waals surface area contributed by atoms with Gasteiger partial charge in [0.05, 0.1) is 5.75 Å². The molecule has 3 aromatic rings. The number of rotatable bonds is 5. The van der Waals surface area contributed by atoms with Crippen LogP contribution in [0.15, 0.2) is 47.1 Å². The highest BCUT2D eigenvalue weighted by atomic mass is 35.5. The first kappa shape index (κ1) is 20.3. The number of carbonyl (C=O) groups is 2. The van der Waals surface area contributed by atoms with E-state index in [9.17, 15) is 9.59 Å². The van der Waals surface area contributed by atoms with Gasteiger partial charge in [0.15, 0.2) is 5.78 Å². The fourth-order valence-electron chi connectivity index (χ4n) is 3.95. The Morgan fingerprint density at radius 3 is 2.90 bits per heavy atom. The van der Waals surface area contributed by atoms with Crippen molar-refractivity contribution in [1.29, 1.82) is 0 Å². The first-order valence-electron chi connectivity index (χ1n) is 9.40. The van der Waals surface area contributed by atoms with Crippen LogP contribution < -0.4 is 0 Å². The second kappa shape index (κ2) is 8.42. The van der Waals surface area contributed by atoms with Crippen LogP contribution in [0.3, 0.4) is 0 Å². The summed E-state index contributed by atoms with van der Waals surface area (Å²) in [6.07, 6.45) is 4.29. The lowest BCUT2D eigenvalue weighted by molar-refractivity contribution is -0.146. The number of amides is 1. The maximum atomic E-state index is 13.2. The largest absolute Gasteiger partial charge is 0.328 e. The number of hydrogen-bond acceptors (Lipinski definition) is 6. The van der Waals surface area contributed by atoms with Gasteiger partial charge in [0, 0.05) is 29.4 Å². The van der Waals surface area contributed by atoms with Crippen molar-refractivity contribution in [3.8, 4) is 0 Å². The third-order valence-corrected chi connectivity index (χ3v) is 7.62. The van der Waals surface area contributed by atoms with Crippen LogP contribution in [0, 0.1) is 0 Å². The highest BCUT2D eigenvalue weighted by molar-refractivity contribution is 8.00. The summed E-state index contributed by atoms with van der Waals surface area (Å²) in [5, 5.41) is 4.21. The molecule has 1 aliphatic carbocycles. The summed E-state index contributed by atoms with van der Waals surface area (Å²) in [4.78, 5) is 37.4. The summed E-state index contributed by atoms with van der Waals surface area (Å²) in [6.45, 7) is 0. The molecule has 0 saturated heterocycles. The Hall–Kier alpha value is -1.96. The lowest BCUT2D eigenvalue weighted by Crippen LogP contribution is -2.54. The molecule has 4 rings (SSSR count). The molecule has 1 aromatic carbocycles. The maximum absolute atomic E-state index is 13.2. The van der Waals surface area contributed by atoms with Crippen LogP contribution in [0.5, 0.6) is 0 Å². The minimum Gasteiger partial charge on any atom is -0.328 e. The molecule has 29 heavy (non-hydrogen) atoms. The molecule has 0 bridgehead atoms. The standard InChI is InChI=1S/C21H20ClN3O2S2/c1-25(18(27)12-29-20-14-9-11-28-19(14)23-13-24-20)21(10-5-4-8-17(21)26)15-6-2-3-7-16(15)22/h2-3,6-7,9,11,13H,4-5,8,10,12H2,1H3/t21-/m0/s1. The highest BCUT2D eigenvalue weighted by Crippen LogP contribution is 2.42. The number of halogens is 1. The molecule has 2 heterocycles. The van der Waals surface area contributed by atoms with Crippen molar-refractivity contribution in [3.05, 3.63) is 52.6 Å². The molecule has 1 atom stereocenters. The monoisotopic (exact) mass is 445 g/mol. The number of fused-ring (bicyclic) bond motifs is 1. The number of thiophene rings is 1. The lowest BCUT2D eigenvalue weighted by Gasteiger charge is -2.44. The molecule has 5 nitrogen and oxygen atoms in total. The van der Waals surface area contributed by atoms with Crippen LogP contribution in [-0.2, 0) is 15.1 Å². The molecule has 0 radical (unpaired) electrons. The van der Waals surface area contributed by atoms with Crippen molar-refractivity contribution in [2.45, 2.75) is 36.2 Å². The minimum absolute atomic E-state index is 0.0555. The van der Waals surface area contributed by atoms with Gasteiger partial charge in [-0.2, -0.15) is 0 Å². The van der Waals surface area contributed by atoms with Crippen LogP contribution in [-0.4, -0.2) is 39.4 Å². The summed E-state index contributed by atoms with van der Waals surface area (Å²) in [7, 11) is 1.72. The second-order valence-electron chi connectivity index (χ2n) is 7.03. The molecule has 1 fully saturated rings. The molecule has 8 heteroatoms. The van der Waals surface area contributed by atoms with Gasteiger partial charge in [-0.1, -0.05) is 41.6 Å². The Morgan fingerprint density at radius 2 is 2.10 bits per heavy atom. The third kappa shape index (κ3) is 3.67. The molecule has 1 aliphatic rings. The number of ketones is 1. The Morgan fingerprint density at radius 1 is 1.28 bits per heavy atom. The summed E-state index contributed by atoms with van der Waals surface area (Å²) in [6, 6.07) is 9.31. The zero-order chi connectivity index (χ0) is 20.4. The summed E-state index contributed by atoms with van der Waals surface area (Å²) in [5.41, 5.74) is -0.285. The predicted molar refractivity (Wildman–Crippen MR) is 118 cm³/mol. The second-order valence-corrected chi connectivity index (χ2v) is 9.30. The Kier molecular flexibility index (Phi) is 5.90. The number of aromatic nitrogens is 2. The van der Waals surface area contributed by atoms with E-state index in [1.54, 1.807) is 29.4 Å². The summed E-state index contributed by atoms with van der Waals surface area (Å²) in [5.74, 6) is 0.130. The zero-order valence-corrected chi connectivity index (χ0v) is 18.3. The average Bonchev–Trinajstić information content (AvgIpc) is 3.22. The van der Waals surface area contributed by atoms with Crippen molar-refractivity contribution in [1.82, 2.24) is 14.9 Å². The SMILES string of the molecule is CN(C(=O)CSc1ncnc2sccc12)[C@]1(c2ccccc2Cl)CCCCC1=O.